The molecule has 1 heterocycles. The molecule has 0 amide bonds. The third-order valence-electron chi connectivity index (χ3n) is 4.73. The third kappa shape index (κ3) is 6.78. The van der Waals surface area contributed by atoms with E-state index in [1.807, 2.05) is 48.6 Å². The van der Waals surface area contributed by atoms with Crippen molar-refractivity contribution in [2.45, 2.75) is 12.8 Å². The molecule has 1 aliphatic heterocycles. The number of hydrogen-bond donors (Lipinski definition) is 2. The van der Waals surface area contributed by atoms with Crippen molar-refractivity contribution in [2.75, 3.05) is 32.8 Å². The molecule has 3 nitrogen and oxygen atoms in total. The van der Waals surface area contributed by atoms with Crippen molar-refractivity contribution in [1.82, 2.24) is 10.6 Å². The van der Waals surface area contributed by atoms with Gasteiger partial charge in [0.05, 0.1) is 6.61 Å². The van der Waals surface area contributed by atoms with Gasteiger partial charge in [0.25, 0.3) is 0 Å². The number of ether oxygens (including phenoxy) is 1. The molecule has 3 rings (SSSR count). The summed E-state index contributed by atoms with van der Waals surface area (Å²) in [6, 6.07) is 11.4. The highest BCUT2D eigenvalue weighted by Gasteiger charge is 2.13. The van der Waals surface area contributed by atoms with Crippen LogP contribution >= 0.6 is 39.1 Å². The van der Waals surface area contributed by atoms with Gasteiger partial charge in [0.15, 0.2) is 0 Å². The number of benzene rings is 2. The molecule has 1 fully saturated rings. The van der Waals surface area contributed by atoms with Crippen molar-refractivity contribution in [3.63, 3.8) is 0 Å². The van der Waals surface area contributed by atoms with E-state index >= 15 is 0 Å². The van der Waals surface area contributed by atoms with E-state index < -0.39 is 0 Å². The Kier molecular flexibility index (Phi) is 8.68. The minimum Gasteiger partial charge on any atom is -0.493 e. The second-order valence-electron chi connectivity index (χ2n) is 6.95. The van der Waals surface area contributed by atoms with Crippen LogP contribution in [0.3, 0.4) is 0 Å². The van der Waals surface area contributed by atoms with Crippen LogP contribution < -0.4 is 15.4 Å². The summed E-state index contributed by atoms with van der Waals surface area (Å²) in [5, 5.41) is 8.31. The first-order chi connectivity index (χ1) is 13.6. The molecule has 1 aliphatic rings. The first-order valence-electron chi connectivity index (χ1n) is 9.59. The van der Waals surface area contributed by atoms with Gasteiger partial charge >= 0.3 is 0 Å². The Hall–Kier alpha value is -1.04. The van der Waals surface area contributed by atoms with Crippen molar-refractivity contribution in [2.24, 2.45) is 5.92 Å². The van der Waals surface area contributed by atoms with E-state index in [2.05, 4.69) is 26.6 Å². The molecule has 0 bridgehead atoms. The van der Waals surface area contributed by atoms with Crippen molar-refractivity contribution in [3.8, 4) is 5.75 Å². The highest BCUT2D eigenvalue weighted by atomic mass is 79.9. The Bertz CT molecular complexity index is 807. The maximum absolute atomic E-state index is 6.18. The summed E-state index contributed by atoms with van der Waals surface area (Å²) in [5.41, 5.74) is 2.00. The molecule has 2 aromatic carbocycles. The predicted octanol–water partition coefficient (Wildman–Crippen LogP) is 5.89. The second kappa shape index (κ2) is 11.2. The second-order valence-corrected chi connectivity index (χ2v) is 8.67. The first-order valence-corrected chi connectivity index (χ1v) is 11.1. The van der Waals surface area contributed by atoms with Gasteiger partial charge < -0.3 is 15.4 Å². The Morgan fingerprint density at radius 1 is 1.11 bits per heavy atom. The van der Waals surface area contributed by atoms with E-state index in [1.165, 1.54) is 6.42 Å². The van der Waals surface area contributed by atoms with Gasteiger partial charge in [-0.05, 0) is 80.8 Å². The standard InChI is InChI=1S/C22H25BrCl2N2O/c23-21-13-20(25)5-4-17(21)2-3-18-12-19(24)6-7-22(18)28-11-1-9-26-14-16-8-10-27-15-16/h2-7,12-13,16,26-27H,1,8-11,14-15H2/b3-2+. The van der Waals surface area contributed by atoms with E-state index in [-0.39, 0.29) is 0 Å². The molecule has 6 heteroatoms. The van der Waals surface area contributed by atoms with Gasteiger partial charge in [-0.1, -0.05) is 57.4 Å². The summed E-state index contributed by atoms with van der Waals surface area (Å²) in [6.07, 6.45) is 6.28. The fourth-order valence-electron chi connectivity index (χ4n) is 3.17. The zero-order valence-corrected chi connectivity index (χ0v) is 18.8. The molecular weight excluding hydrogens is 459 g/mol. The largest absolute Gasteiger partial charge is 0.493 e. The molecule has 0 saturated carbocycles. The van der Waals surface area contributed by atoms with Crippen LogP contribution in [0.4, 0.5) is 0 Å². The fourth-order valence-corrected chi connectivity index (χ4v) is 4.17. The summed E-state index contributed by atoms with van der Waals surface area (Å²) >= 11 is 15.7. The Morgan fingerprint density at radius 3 is 2.68 bits per heavy atom. The van der Waals surface area contributed by atoms with Crippen LogP contribution in [0.25, 0.3) is 12.2 Å². The van der Waals surface area contributed by atoms with Gasteiger partial charge in [-0.15, -0.1) is 0 Å². The van der Waals surface area contributed by atoms with Gasteiger partial charge in [0.1, 0.15) is 5.75 Å². The maximum Gasteiger partial charge on any atom is 0.126 e. The number of rotatable bonds is 9. The van der Waals surface area contributed by atoms with Gasteiger partial charge in [-0.2, -0.15) is 0 Å². The van der Waals surface area contributed by atoms with Crippen molar-refractivity contribution in [1.29, 1.82) is 0 Å². The normalized spacial score (nSPS) is 16.8. The summed E-state index contributed by atoms with van der Waals surface area (Å²) in [7, 11) is 0. The lowest BCUT2D eigenvalue weighted by Gasteiger charge is -2.12. The lowest BCUT2D eigenvalue weighted by atomic mass is 10.1. The fraction of sp³-hybridized carbons (Fsp3) is 0.364. The summed E-state index contributed by atoms with van der Waals surface area (Å²) in [5.74, 6) is 1.60. The number of halogens is 3. The molecular formula is C22H25BrCl2N2O. The monoisotopic (exact) mass is 482 g/mol. The van der Waals surface area contributed by atoms with Crippen molar-refractivity contribution in [3.05, 3.63) is 62.0 Å². The van der Waals surface area contributed by atoms with E-state index in [1.54, 1.807) is 0 Å². The smallest absolute Gasteiger partial charge is 0.126 e. The van der Waals surface area contributed by atoms with Crippen molar-refractivity contribution >= 4 is 51.3 Å². The minimum absolute atomic E-state index is 0.670. The zero-order chi connectivity index (χ0) is 19.8. The molecule has 1 saturated heterocycles. The molecule has 0 aliphatic carbocycles. The lowest BCUT2D eigenvalue weighted by molar-refractivity contribution is 0.306. The quantitative estimate of drug-likeness (QED) is 0.344. The van der Waals surface area contributed by atoms with E-state index in [9.17, 15) is 0 Å². The summed E-state index contributed by atoms with van der Waals surface area (Å²) < 4.78 is 6.96. The SMILES string of the molecule is Clc1ccc(/C=C/c2cc(Cl)ccc2OCCCNCC2CCNC2)c(Br)c1. The van der Waals surface area contributed by atoms with Crippen LogP contribution in [-0.4, -0.2) is 32.8 Å². The summed E-state index contributed by atoms with van der Waals surface area (Å²) in [4.78, 5) is 0. The zero-order valence-electron chi connectivity index (χ0n) is 15.7. The Balaban J connectivity index is 1.52. The van der Waals surface area contributed by atoms with Crippen LogP contribution in [0.15, 0.2) is 40.9 Å². The maximum atomic E-state index is 6.18. The summed E-state index contributed by atoms with van der Waals surface area (Å²) in [6.45, 7) is 5.00. The van der Waals surface area contributed by atoms with Crippen LogP contribution in [0.1, 0.15) is 24.0 Å². The average Bonchev–Trinajstić information content (AvgIpc) is 3.18. The molecule has 2 aromatic rings. The highest BCUT2D eigenvalue weighted by molar-refractivity contribution is 9.10. The molecule has 0 radical (unpaired) electrons. The predicted molar refractivity (Wildman–Crippen MR) is 123 cm³/mol. The first kappa shape index (κ1) is 21.7. The van der Waals surface area contributed by atoms with Crippen LogP contribution in [0.2, 0.25) is 10.0 Å². The van der Waals surface area contributed by atoms with Gasteiger partial charge in [-0.25, -0.2) is 0 Å². The molecule has 150 valence electrons. The molecule has 1 unspecified atom stereocenters. The van der Waals surface area contributed by atoms with E-state index in [0.29, 0.717) is 16.7 Å². The van der Waals surface area contributed by atoms with Gasteiger partial charge in [0.2, 0.25) is 0 Å². The Labute approximate surface area is 185 Å². The molecule has 0 spiro atoms. The van der Waals surface area contributed by atoms with Crippen LogP contribution in [-0.2, 0) is 0 Å². The molecule has 1 atom stereocenters. The van der Waals surface area contributed by atoms with Crippen molar-refractivity contribution < 1.29 is 4.74 Å². The van der Waals surface area contributed by atoms with E-state index in [4.69, 9.17) is 27.9 Å². The van der Waals surface area contributed by atoms with Crippen LogP contribution in [0, 0.1) is 5.92 Å². The highest BCUT2D eigenvalue weighted by Crippen LogP contribution is 2.27. The Morgan fingerprint density at radius 2 is 1.89 bits per heavy atom. The molecule has 28 heavy (non-hydrogen) atoms. The minimum atomic E-state index is 0.670. The molecule has 0 aromatic heterocycles. The van der Waals surface area contributed by atoms with Gasteiger partial charge in [-0.3, -0.25) is 0 Å². The van der Waals surface area contributed by atoms with Gasteiger partial charge in [0, 0.05) is 20.1 Å². The van der Waals surface area contributed by atoms with Crippen LogP contribution in [0.5, 0.6) is 5.75 Å². The average molecular weight is 484 g/mol. The van der Waals surface area contributed by atoms with E-state index in [0.717, 1.165) is 59.9 Å². The number of hydrogen-bond acceptors (Lipinski definition) is 3. The third-order valence-corrected chi connectivity index (χ3v) is 5.88. The topological polar surface area (TPSA) is 33.3 Å². The molecule has 2 N–H and O–H groups in total. The lowest BCUT2D eigenvalue weighted by Crippen LogP contribution is -2.26. The number of nitrogens with one attached hydrogen (secondary N) is 2.